The van der Waals surface area contributed by atoms with E-state index >= 15 is 0 Å². The van der Waals surface area contributed by atoms with Crippen LogP contribution in [0.5, 0.6) is 11.5 Å². The third-order valence-electron chi connectivity index (χ3n) is 3.15. The lowest BCUT2D eigenvalue weighted by Crippen LogP contribution is -2.27. The van der Waals surface area contributed by atoms with Crippen molar-refractivity contribution in [2.45, 2.75) is 39.8 Å². The largest absolute Gasteiger partial charge is 0.504 e. The van der Waals surface area contributed by atoms with Gasteiger partial charge in [0.1, 0.15) is 0 Å². The summed E-state index contributed by atoms with van der Waals surface area (Å²) in [6.07, 6.45) is 1.10. The maximum Gasteiger partial charge on any atom is 0.162 e. The summed E-state index contributed by atoms with van der Waals surface area (Å²) in [5.41, 5.74) is 0.916. The Balaban J connectivity index is 2.80. The van der Waals surface area contributed by atoms with Gasteiger partial charge in [-0.1, -0.05) is 19.1 Å². The first-order valence-corrected chi connectivity index (χ1v) is 6.24. The van der Waals surface area contributed by atoms with Crippen LogP contribution in [0.25, 0.3) is 0 Å². The van der Waals surface area contributed by atoms with Gasteiger partial charge in [0.15, 0.2) is 11.5 Å². The van der Waals surface area contributed by atoms with Gasteiger partial charge < -0.3 is 9.84 Å². The van der Waals surface area contributed by atoms with Crippen LogP contribution in [0.1, 0.15) is 32.8 Å². The number of rotatable bonds is 6. The Morgan fingerprint density at radius 2 is 2.06 bits per heavy atom. The molecule has 0 amide bonds. The molecule has 0 aliphatic carbocycles. The highest BCUT2D eigenvalue weighted by molar-refractivity contribution is 5.45. The number of ether oxygens (including phenoxy) is 1. The van der Waals surface area contributed by atoms with Crippen molar-refractivity contribution in [2.24, 2.45) is 0 Å². The maximum atomic E-state index is 10.1. The maximum absolute atomic E-state index is 10.1. The molecule has 0 heterocycles. The average Bonchev–Trinajstić information content (AvgIpc) is 2.33. The average molecular weight is 237 g/mol. The zero-order valence-corrected chi connectivity index (χ0v) is 11.2. The molecule has 0 fully saturated rings. The lowest BCUT2D eigenvalue weighted by atomic mass is 10.1. The number of para-hydroxylation sites is 1. The summed E-state index contributed by atoms with van der Waals surface area (Å²) in [7, 11) is 2.07. The van der Waals surface area contributed by atoms with Crippen molar-refractivity contribution in [3.05, 3.63) is 23.8 Å². The van der Waals surface area contributed by atoms with Gasteiger partial charge in [-0.2, -0.15) is 0 Å². The number of aromatic hydroxyl groups is 1. The second-order valence-corrected chi connectivity index (χ2v) is 4.37. The van der Waals surface area contributed by atoms with E-state index in [0.717, 1.165) is 18.5 Å². The Bertz CT molecular complexity index is 352. The molecule has 1 rings (SSSR count). The molecule has 3 nitrogen and oxygen atoms in total. The standard InChI is InChI=1S/C14H23NO2/c1-5-11(3)15(4)10-12-8-7-9-13(14(12)16)17-6-2/h7-9,11,16H,5-6,10H2,1-4H3. The van der Waals surface area contributed by atoms with Crippen LogP contribution in [0.4, 0.5) is 0 Å². The van der Waals surface area contributed by atoms with Gasteiger partial charge in [-0.15, -0.1) is 0 Å². The molecule has 1 atom stereocenters. The van der Waals surface area contributed by atoms with Crippen LogP contribution in [0.15, 0.2) is 18.2 Å². The van der Waals surface area contributed by atoms with Crippen LogP contribution in [-0.2, 0) is 6.54 Å². The SMILES string of the molecule is CCOc1cccc(CN(C)C(C)CC)c1O. The van der Waals surface area contributed by atoms with E-state index in [9.17, 15) is 5.11 Å². The molecule has 0 aromatic heterocycles. The van der Waals surface area contributed by atoms with Crippen LogP contribution in [0, 0.1) is 0 Å². The van der Waals surface area contributed by atoms with Crippen molar-refractivity contribution in [2.75, 3.05) is 13.7 Å². The molecule has 0 aliphatic heterocycles. The van der Waals surface area contributed by atoms with Crippen molar-refractivity contribution in [1.29, 1.82) is 0 Å². The minimum Gasteiger partial charge on any atom is -0.504 e. The van der Waals surface area contributed by atoms with E-state index in [1.165, 1.54) is 0 Å². The Morgan fingerprint density at radius 3 is 2.65 bits per heavy atom. The monoisotopic (exact) mass is 237 g/mol. The first kappa shape index (κ1) is 13.8. The first-order chi connectivity index (χ1) is 8.10. The van der Waals surface area contributed by atoms with E-state index in [-0.39, 0.29) is 5.75 Å². The molecule has 0 bridgehead atoms. The van der Waals surface area contributed by atoms with Crippen molar-refractivity contribution < 1.29 is 9.84 Å². The topological polar surface area (TPSA) is 32.7 Å². The zero-order valence-electron chi connectivity index (χ0n) is 11.2. The molecule has 17 heavy (non-hydrogen) atoms. The van der Waals surface area contributed by atoms with Crippen molar-refractivity contribution in [1.82, 2.24) is 4.90 Å². The normalized spacial score (nSPS) is 12.8. The summed E-state index contributed by atoms with van der Waals surface area (Å²) in [6.45, 7) is 7.57. The molecule has 0 spiro atoms. The number of hydrogen-bond donors (Lipinski definition) is 1. The number of hydrogen-bond acceptors (Lipinski definition) is 3. The van der Waals surface area contributed by atoms with E-state index in [2.05, 4.69) is 25.8 Å². The van der Waals surface area contributed by atoms with E-state index < -0.39 is 0 Å². The van der Waals surface area contributed by atoms with E-state index in [1.807, 2.05) is 19.1 Å². The van der Waals surface area contributed by atoms with Crippen LogP contribution < -0.4 is 4.74 Å². The summed E-state index contributed by atoms with van der Waals surface area (Å²) in [5.74, 6) is 0.840. The molecule has 1 aromatic rings. The van der Waals surface area contributed by atoms with Gasteiger partial charge in [-0.05, 0) is 33.4 Å². The Labute approximate surface area is 104 Å². The minimum atomic E-state index is 0.268. The molecular formula is C14H23NO2. The predicted octanol–water partition coefficient (Wildman–Crippen LogP) is 3.02. The number of nitrogens with zero attached hydrogens (tertiary/aromatic N) is 1. The summed E-state index contributed by atoms with van der Waals surface area (Å²) >= 11 is 0. The Kier molecular flexibility index (Phi) is 5.29. The minimum absolute atomic E-state index is 0.268. The molecule has 1 unspecified atom stereocenters. The third-order valence-corrected chi connectivity index (χ3v) is 3.15. The van der Waals surface area contributed by atoms with Gasteiger partial charge in [0.25, 0.3) is 0 Å². The van der Waals surface area contributed by atoms with Crippen molar-refractivity contribution in [3.8, 4) is 11.5 Å². The zero-order chi connectivity index (χ0) is 12.8. The summed E-state index contributed by atoms with van der Waals surface area (Å²) < 4.78 is 5.38. The molecular weight excluding hydrogens is 214 g/mol. The van der Waals surface area contributed by atoms with Gasteiger partial charge in [0.2, 0.25) is 0 Å². The number of phenols is 1. The fourth-order valence-corrected chi connectivity index (χ4v) is 1.70. The van der Waals surface area contributed by atoms with Gasteiger partial charge in [0, 0.05) is 18.2 Å². The molecule has 0 saturated heterocycles. The predicted molar refractivity (Wildman–Crippen MR) is 70.5 cm³/mol. The number of benzene rings is 1. The smallest absolute Gasteiger partial charge is 0.162 e. The lowest BCUT2D eigenvalue weighted by molar-refractivity contribution is 0.239. The number of phenolic OH excluding ortho intramolecular Hbond substituents is 1. The van der Waals surface area contributed by atoms with Crippen molar-refractivity contribution in [3.63, 3.8) is 0 Å². The van der Waals surface area contributed by atoms with Crippen LogP contribution >= 0.6 is 0 Å². The summed E-state index contributed by atoms with van der Waals surface area (Å²) in [4.78, 5) is 2.23. The lowest BCUT2D eigenvalue weighted by Gasteiger charge is -2.24. The fraction of sp³-hybridized carbons (Fsp3) is 0.571. The molecule has 0 radical (unpaired) electrons. The second-order valence-electron chi connectivity index (χ2n) is 4.37. The van der Waals surface area contributed by atoms with Crippen LogP contribution in [0.2, 0.25) is 0 Å². The molecule has 0 saturated carbocycles. The molecule has 1 N–H and O–H groups in total. The van der Waals surface area contributed by atoms with Gasteiger partial charge in [0.05, 0.1) is 6.61 Å². The molecule has 3 heteroatoms. The summed E-state index contributed by atoms with van der Waals surface area (Å²) in [6, 6.07) is 6.16. The highest BCUT2D eigenvalue weighted by atomic mass is 16.5. The van der Waals surface area contributed by atoms with Crippen LogP contribution in [0.3, 0.4) is 0 Å². The van der Waals surface area contributed by atoms with Crippen LogP contribution in [-0.4, -0.2) is 29.7 Å². The van der Waals surface area contributed by atoms with E-state index in [4.69, 9.17) is 4.74 Å². The highest BCUT2D eigenvalue weighted by Gasteiger charge is 2.12. The quantitative estimate of drug-likeness (QED) is 0.825. The van der Waals surface area contributed by atoms with Crippen molar-refractivity contribution >= 4 is 0 Å². The molecule has 96 valence electrons. The Hall–Kier alpha value is -1.22. The summed E-state index contributed by atoms with van der Waals surface area (Å²) in [5, 5.41) is 10.1. The highest BCUT2D eigenvalue weighted by Crippen LogP contribution is 2.30. The molecule has 1 aromatic carbocycles. The van der Waals surface area contributed by atoms with E-state index in [0.29, 0.717) is 18.4 Å². The fourth-order valence-electron chi connectivity index (χ4n) is 1.70. The van der Waals surface area contributed by atoms with Gasteiger partial charge >= 0.3 is 0 Å². The third kappa shape index (κ3) is 3.63. The van der Waals surface area contributed by atoms with Gasteiger partial charge in [-0.3, -0.25) is 4.90 Å². The Morgan fingerprint density at radius 1 is 1.35 bits per heavy atom. The van der Waals surface area contributed by atoms with Gasteiger partial charge in [-0.25, -0.2) is 0 Å². The second kappa shape index (κ2) is 6.50. The first-order valence-electron chi connectivity index (χ1n) is 6.24. The molecule has 0 aliphatic rings. The van der Waals surface area contributed by atoms with E-state index in [1.54, 1.807) is 6.07 Å².